The van der Waals surface area contributed by atoms with Gasteiger partial charge in [-0.05, 0) is 30.4 Å². The predicted octanol–water partition coefficient (Wildman–Crippen LogP) is 3.31. The molecule has 0 atom stereocenters. The molecule has 0 radical (unpaired) electrons. The molecule has 0 amide bonds. The van der Waals surface area contributed by atoms with Crippen LogP contribution < -0.4 is 5.46 Å². The van der Waals surface area contributed by atoms with E-state index in [1.165, 1.54) is 37.7 Å². The van der Waals surface area contributed by atoms with Crippen LogP contribution in [-0.4, -0.2) is 17.2 Å². The third kappa shape index (κ3) is 2.23. The first-order chi connectivity index (χ1) is 10.7. The molecule has 1 aliphatic rings. The van der Waals surface area contributed by atoms with Crippen LogP contribution in [0.2, 0.25) is 0 Å². The molecule has 1 aromatic heterocycles. The van der Waals surface area contributed by atoms with Gasteiger partial charge in [0.1, 0.15) is 11.2 Å². The number of para-hydroxylation sites is 1. The van der Waals surface area contributed by atoms with Crippen molar-refractivity contribution in [2.24, 2.45) is 0 Å². The minimum atomic E-state index is -1.51. The van der Waals surface area contributed by atoms with E-state index in [4.69, 9.17) is 4.42 Å². The Balaban J connectivity index is 1.86. The molecule has 1 saturated carbocycles. The maximum Gasteiger partial charge on any atom is 0.492 e. The molecule has 112 valence electrons. The van der Waals surface area contributed by atoms with Gasteiger partial charge in [-0.2, -0.15) is 0 Å². The van der Waals surface area contributed by atoms with Gasteiger partial charge in [0.05, 0.1) is 0 Å². The van der Waals surface area contributed by atoms with Gasteiger partial charge < -0.3 is 14.5 Å². The van der Waals surface area contributed by atoms with Gasteiger partial charge >= 0.3 is 7.12 Å². The normalized spacial score (nSPS) is 16.5. The fourth-order valence-electron chi connectivity index (χ4n) is 3.73. The molecule has 3 nitrogen and oxygen atoms in total. The molecule has 1 heterocycles. The Morgan fingerprint density at radius 2 is 1.77 bits per heavy atom. The standard InChI is InChI=1S/C18H19BO3/c20-19(21)16-8-4-7-15-14-10-9-13(11-17(14)22-18(15)16)12-5-2-1-3-6-12/h4,7-12,20-21H,1-3,5-6H2. The van der Waals surface area contributed by atoms with Gasteiger partial charge in [-0.15, -0.1) is 0 Å². The highest BCUT2D eigenvalue weighted by molar-refractivity contribution is 6.61. The van der Waals surface area contributed by atoms with E-state index in [9.17, 15) is 10.0 Å². The van der Waals surface area contributed by atoms with Gasteiger partial charge in [0, 0.05) is 16.2 Å². The van der Waals surface area contributed by atoms with Crippen molar-refractivity contribution in [2.75, 3.05) is 0 Å². The lowest BCUT2D eigenvalue weighted by atomic mass is 9.79. The molecule has 2 N–H and O–H groups in total. The fourth-order valence-corrected chi connectivity index (χ4v) is 3.73. The summed E-state index contributed by atoms with van der Waals surface area (Å²) in [6.07, 6.45) is 6.48. The van der Waals surface area contributed by atoms with E-state index in [0.717, 1.165) is 16.4 Å². The Morgan fingerprint density at radius 1 is 0.955 bits per heavy atom. The lowest BCUT2D eigenvalue weighted by Crippen LogP contribution is -2.29. The van der Waals surface area contributed by atoms with Crippen molar-refractivity contribution < 1.29 is 14.5 Å². The number of rotatable bonds is 2. The minimum Gasteiger partial charge on any atom is -0.456 e. The van der Waals surface area contributed by atoms with Gasteiger partial charge in [0.2, 0.25) is 0 Å². The lowest BCUT2D eigenvalue weighted by molar-refractivity contribution is 0.425. The number of fused-ring (bicyclic) bond motifs is 3. The molecular formula is C18H19BO3. The number of benzene rings is 2. The van der Waals surface area contributed by atoms with E-state index in [2.05, 4.69) is 18.2 Å². The van der Waals surface area contributed by atoms with Crippen molar-refractivity contribution in [1.82, 2.24) is 0 Å². The first-order valence-corrected chi connectivity index (χ1v) is 8.05. The van der Waals surface area contributed by atoms with E-state index in [-0.39, 0.29) is 0 Å². The van der Waals surface area contributed by atoms with Crippen molar-refractivity contribution in [2.45, 2.75) is 38.0 Å². The summed E-state index contributed by atoms with van der Waals surface area (Å²) in [7, 11) is -1.51. The van der Waals surface area contributed by atoms with Gasteiger partial charge in [-0.3, -0.25) is 0 Å². The highest BCUT2D eigenvalue weighted by atomic mass is 16.4. The van der Waals surface area contributed by atoms with E-state index in [0.29, 0.717) is 17.0 Å². The van der Waals surface area contributed by atoms with Gasteiger partial charge in [-0.1, -0.05) is 49.6 Å². The average molecular weight is 294 g/mol. The third-order valence-electron chi connectivity index (χ3n) is 4.91. The Kier molecular flexibility index (Phi) is 3.43. The van der Waals surface area contributed by atoms with E-state index >= 15 is 0 Å². The van der Waals surface area contributed by atoms with E-state index in [1.54, 1.807) is 6.07 Å². The number of furan rings is 1. The molecule has 22 heavy (non-hydrogen) atoms. The molecule has 4 heteroatoms. The quantitative estimate of drug-likeness (QED) is 0.713. The Morgan fingerprint density at radius 3 is 2.55 bits per heavy atom. The second-order valence-corrected chi connectivity index (χ2v) is 6.29. The van der Waals surface area contributed by atoms with Crippen molar-refractivity contribution >= 4 is 34.5 Å². The molecule has 4 rings (SSSR count). The summed E-state index contributed by atoms with van der Waals surface area (Å²) >= 11 is 0. The average Bonchev–Trinajstić information content (AvgIpc) is 2.93. The second-order valence-electron chi connectivity index (χ2n) is 6.29. The van der Waals surface area contributed by atoms with Crippen LogP contribution in [0.4, 0.5) is 0 Å². The van der Waals surface area contributed by atoms with Crippen molar-refractivity contribution in [1.29, 1.82) is 0 Å². The highest BCUT2D eigenvalue weighted by Gasteiger charge is 2.20. The molecule has 0 aliphatic heterocycles. The summed E-state index contributed by atoms with van der Waals surface area (Å²) in [5, 5.41) is 21.0. The molecule has 1 aliphatic carbocycles. The van der Waals surface area contributed by atoms with Crippen molar-refractivity contribution in [3.8, 4) is 0 Å². The Labute approximate surface area is 129 Å². The number of hydrogen-bond acceptors (Lipinski definition) is 3. The fraction of sp³-hybridized carbons (Fsp3) is 0.333. The molecule has 0 bridgehead atoms. The van der Waals surface area contributed by atoms with Crippen LogP contribution in [0, 0.1) is 0 Å². The Bertz CT molecular complexity index is 816. The summed E-state index contributed by atoms with van der Waals surface area (Å²) in [4.78, 5) is 0. The monoisotopic (exact) mass is 294 g/mol. The molecule has 0 unspecified atom stereocenters. The highest BCUT2D eigenvalue weighted by Crippen LogP contribution is 2.36. The van der Waals surface area contributed by atoms with E-state index in [1.807, 2.05) is 12.1 Å². The van der Waals surface area contributed by atoms with Crippen LogP contribution in [0.25, 0.3) is 21.9 Å². The van der Waals surface area contributed by atoms with Gasteiger partial charge in [0.25, 0.3) is 0 Å². The maximum absolute atomic E-state index is 9.50. The van der Waals surface area contributed by atoms with Crippen molar-refractivity contribution in [3.63, 3.8) is 0 Å². The first kappa shape index (κ1) is 13.9. The summed E-state index contributed by atoms with van der Waals surface area (Å²) in [6.45, 7) is 0. The molecule has 0 saturated heterocycles. The minimum absolute atomic E-state index is 0.424. The lowest BCUT2D eigenvalue weighted by Gasteiger charge is -2.21. The zero-order valence-electron chi connectivity index (χ0n) is 12.5. The van der Waals surface area contributed by atoms with Crippen LogP contribution in [0.1, 0.15) is 43.6 Å². The molecule has 1 fully saturated rings. The Hall–Kier alpha value is -1.78. The SMILES string of the molecule is OB(O)c1cccc2c1oc1cc(C3CCCCC3)ccc12. The molecular weight excluding hydrogens is 275 g/mol. The van der Waals surface area contributed by atoms with Crippen molar-refractivity contribution in [3.05, 3.63) is 42.0 Å². The van der Waals surface area contributed by atoms with Gasteiger partial charge in [-0.25, -0.2) is 0 Å². The van der Waals surface area contributed by atoms with Crippen LogP contribution in [0.15, 0.2) is 40.8 Å². The van der Waals surface area contributed by atoms with Crippen LogP contribution >= 0.6 is 0 Å². The predicted molar refractivity (Wildman–Crippen MR) is 89.4 cm³/mol. The number of hydrogen-bond donors (Lipinski definition) is 2. The van der Waals surface area contributed by atoms with Crippen LogP contribution in [-0.2, 0) is 0 Å². The molecule has 3 aromatic rings. The summed E-state index contributed by atoms with van der Waals surface area (Å²) in [6, 6.07) is 11.9. The first-order valence-electron chi connectivity index (χ1n) is 8.05. The zero-order valence-corrected chi connectivity index (χ0v) is 12.5. The largest absolute Gasteiger partial charge is 0.492 e. The second kappa shape index (κ2) is 5.45. The summed E-state index contributed by atoms with van der Waals surface area (Å²) in [5.74, 6) is 0.634. The molecule has 2 aromatic carbocycles. The zero-order chi connectivity index (χ0) is 15.1. The van der Waals surface area contributed by atoms with Crippen LogP contribution in [0.3, 0.4) is 0 Å². The summed E-state index contributed by atoms with van der Waals surface area (Å²) < 4.78 is 5.96. The molecule has 0 spiro atoms. The maximum atomic E-state index is 9.50. The third-order valence-corrected chi connectivity index (χ3v) is 4.91. The smallest absolute Gasteiger partial charge is 0.456 e. The summed E-state index contributed by atoms with van der Waals surface area (Å²) in [5.41, 5.74) is 3.18. The topological polar surface area (TPSA) is 53.6 Å². The van der Waals surface area contributed by atoms with Crippen LogP contribution in [0.5, 0.6) is 0 Å². The van der Waals surface area contributed by atoms with Gasteiger partial charge in [0.15, 0.2) is 0 Å². The van der Waals surface area contributed by atoms with E-state index < -0.39 is 7.12 Å².